The molecule has 0 saturated carbocycles. The molecule has 2 fully saturated rings. The van der Waals surface area contributed by atoms with Gasteiger partial charge in [-0.15, -0.1) is 0 Å². The Morgan fingerprint density at radius 1 is 1.33 bits per heavy atom. The van der Waals surface area contributed by atoms with Crippen molar-refractivity contribution in [1.82, 2.24) is 20.1 Å². The van der Waals surface area contributed by atoms with E-state index in [2.05, 4.69) is 10.3 Å². The number of nitrogens with one attached hydrogen (secondary N) is 1. The first-order chi connectivity index (χ1) is 10.1. The Morgan fingerprint density at radius 3 is 2.81 bits per heavy atom. The first-order valence-corrected chi connectivity index (χ1v) is 6.59. The summed E-state index contributed by atoms with van der Waals surface area (Å²) >= 11 is 0. The van der Waals surface area contributed by atoms with Crippen LogP contribution < -0.4 is 5.32 Å². The van der Waals surface area contributed by atoms with Gasteiger partial charge >= 0.3 is 12.0 Å². The molecule has 1 atom stereocenters. The van der Waals surface area contributed by atoms with Crippen LogP contribution in [0, 0.1) is 0 Å². The van der Waals surface area contributed by atoms with Crippen molar-refractivity contribution in [3.63, 3.8) is 0 Å². The molecule has 1 aromatic heterocycles. The molecule has 2 aliphatic heterocycles. The maximum absolute atomic E-state index is 12.3. The first kappa shape index (κ1) is 13.3. The molecular weight excluding hydrogens is 276 g/mol. The van der Waals surface area contributed by atoms with Gasteiger partial charge in [-0.1, -0.05) is 0 Å². The molecule has 110 valence electrons. The largest absolute Gasteiger partial charge is 0.478 e. The van der Waals surface area contributed by atoms with E-state index in [-0.39, 0.29) is 29.2 Å². The molecule has 0 spiro atoms. The van der Waals surface area contributed by atoms with E-state index in [9.17, 15) is 14.4 Å². The van der Waals surface area contributed by atoms with E-state index in [0.29, 0.717) is 26.2 Å². The number of carbonyl (C=O) groups is 3. The van der Waals surface area contributed by atoms with Crippen molar-refractivity contribution in [2.45, 2.75) is 6.04 Å². The van der Waals surface area contributed by atoms with Crippen molar-refractivity contribution < 1.29 is 19.5 Å². The van der Waals surface area contributed by atoms with E-state index in [1.165, 1.54) is 18.3 Å². The Balaban J connectivity index is 1.71. The van der Waals surface area contributed by atoms with Crippen LogP contribution in [-0.4, -0.2) is 70.0 Å². The number of amides is 3. The van der Waals surface area contributed by atoms with Crippen LogP contribution in [0.3, 0.4) is 0 Å². The van der Waals surface area contributed by atoms with Gasteiger partial charge in [0.15, 0.2) is 0 Å². The summed E-state index contributed by atoms with van der Waals surface area (Å²) in [5.41, 5.74) is 0.257. The Labute approximate surface area is 120 Å². The van der Waals surface area contributed by atoms with Crippen LogP contribution in [0.2, 0.25) is 0 Å². The third-order valence-corrected chi connectivity index (χ3v) is 3.75. The molecule has 2 N–H and O–H groups in total. The van der Waals surface area contributed by atoms with E-state index < -0.39 is 5.97 Å². The molecular formula is C13H14N4O4. The van der Waals surface area contributed by atoms with E-state index in [1.807, 2.05) is 0 Å². The molecule has 0 radical (unpaired) electrons. The number of rotatable bonds is 2. The maximum Gasteiger partial charge on any atom is 0.337 e. The summed E-state index contributed by atoms with van der Waals surface area (Å²) in [5.74, 6) is -1.32. The van der Waals surface area contributed by atoms with Crippen LogP contribution in [0.5, 0.6) is 0 Å². The SMILES string of the molecule is O=C(O)c1ccc(C(=O)N2CCN3C(=O)NCC3C2)nc1. The number of pyridine rings is 1. The number of carboxylic acids is 1. The zero-order valence-electron chi connectivity index (χ0n) is 11.2. The third-order valence-electron chi connectivity index (χ3n) is 3.75. The standard InChI is InChI=1S/C13H14N4O4/c18-11(10-2-1-8(5-14-10)12(19)20)16-3-4-17-9(7-16)6-15-13(17)21/h1-2,5,9H,3-4,6-7H2,(H,15,21)(H,19,20). The van der Waals surface area contributed by atoms with Crippen molar-refractivity contribution >= 4 is 17.9 Å². The van der Waals surface area contributed by atoms with Gasteiger partial charge in [0.1, 0.15) is 5.69 Å². The smallest absolute Gasteiger partial charge is 0.337 e. The van der Waals surface area contributed by atoms with Crippen molar-refractivity contribution in [2.24, 2.45) is 0 Å². The second-order valence-corrected chi connectivity index (χ2v) is 5.02. The van der Waals surface area contributed by atoms with Crippen LogP contribution in [-0.2, 0) is 0 Å². The number of nitrogens with zero attached hydrogens (tertiary/aromatic N) is 3. The number of fused-ring (bicyclic) bond motifs is 1. The summed E-state index contributed by atoms with van der Waals surface area (Å²) in [7, 11) is 0. The highest BCUT2D eigenvalue weighted by Gasteiger charge is 2.37. The zero-order chi connectivity index (χ0) is 15.0. The normalized spacial score (nSPS) is 21.0. The molecule has 8 heteroatoms. The number of hydrogen-bond acceptors (Lipinski definition) is 4. The minimum atomic E-state index is -1.08. The van der Waals surface area contributed by atoms with Crippen molar-refractivity contribution in [3.05, 3.63) is 29.6 Å². The predicted octanol–water partition coefficient (Wildman–Crippen LogP) is -0.371. The fraction of sp³-hybridized carbons (Fsp3) is 0.385. The lowest BCUT2D eigenvalue weighted by Crippen LogP contribution is -2.53. The number of hydrogen-bond donors (Lipinski definition) is 2. The number of aromatic carboxylic acids is 1. The topological polar surface area (TPSA) is 103 Å². The van der Waals surface area contributed by atoms with Gasteiger partial charge in [0, 0.05) is 32.4 Å². The minimum Gasteiger partial charge on any atom is -0.478 e. The summed E-state index contributed by atoms with van der Waals surface area (Å²) in [6, 6.07) is 2.68. The highest BCUT2D eigenvalue weighted by atomic mass is 16.4. The molecule has 1 unspecified atom stereocenters. The summed E-state index contributed by atoms with van der Waals surface area (Å²) < 4.78 is 0. The second-order valence-electron chi connectivity index (χ2n) is 5.02. The monoisotopic (exact) mass is 290 g/mol. The van der Waals surface area contributed by atoms with Crippen LogP contribution in [0.15, 0.2) is 18.3 Å². The lowest BCUT2D eigenvalue weighted by molar-refractivity contribution is 0.0609. The predicted molar refractivity (Wildman–Crippen MR) is 71.0 cm³/mol. The van der Waals surface area contributed by atoms with Crippen LogP contribution in [0.1, 0.15) is 20.8 Å². The lowest BCUT2D eigenvalue weighted by Gasteiger charge is -2.36. The number of urea groups is 1. The van der Waals surface area contributed by atoms with Crippen molar-refractivity contribution in [2.75, 3.05) is 26.2 Å². The second kappa shape index (κ2) is 5.04. The highest BCUT2D eigenvalue weighted by molar-refractivity contribution is 5.94. The Kier molecular flexibility index (Phi) is 3.20. The quantitative estimate of drug-likeness (QED) is 0.773. The van der Waals surface area contributed by atoms with E-state index in [1.54, 1.807) is 9.80 Å². The molecule has 0 aliphatic carbocycles. The zero-order valence-corrected chi connectivity index (χ0v) is 11.2. The van der Waals surface area contributed by atoms with Gasteiger partial charge in [-0.3, -0.25) is 9.78 Å². The summed E-state index contributed by atoms with van der Waals surface area (Å²) in [6.07, 6.45) is 1.17. The Hall–Kier alpha value is -2.64. The fourth-order valence-electron chi connectivity index (χ4n) is 2.60. The maximum atomic E-state index is 12.3. The fourth-order valence-corrected chi connectivity index (χ4v) is 2.60. The molecule has 2 aliphatic rings. The van der Waals surface area contributed by atoms with Gasteiger partial charge in [-0.05, 0) is 12.1 Å². The van der Waals surface area contributed by atoms with Crippen molar-refractivity contribution in [1.29, 1.82) is 0 Å². The molecule has 3 amide bonds. The molecule has 2 saturated heterocycles. The van der Waals surface area contributed by atoms with Gasteiger partial charge in [-0.2, -0.15) is 0 Å². The Bertz CT molecular complexity index is 601. The van der Waals surface area contributed by atoms with E-state index in [0.717, 1.165) is 0 Å². The van der Waals surface area contributed by atoms with Crippen molar-refractivity contribution in [3.8, 4) is 0 Å². The summed E-state index contributed by atoms with van der Waals surface area (Å²) in [5, 5.41) is 11.6. The number of piperazine rings is 1. The average Bonchev–Trinajstić information content (AvgIpc) is 2.87. The molecule has 0 aromatic carbocycles. The Morgan fingerprint density at radius 2 is 2.14 bits per heavy atom. The van der Waals surface area contributed by atoms with Gasteiger partial charge in [0.2, 0.25) is 0 Å². The molecule has 21 heavy (non-hydrogen) atoms. The summed E-state index contributed by atoms with van der Waals surface area (Å²) in [6.45, 7) is 1.94. The third kappa shape index (κ3) is 2.39. The van der Waals surface area contributed by atoms with Gasteiger partial charge < -0.3 is 20.2 Å². The average molecular weight is 290 g/mol. The molecule has 1 aromatic rings. The molecule has 0 bridgehead atoms. The van der Waals surface area contributed by atoms with Crippen LogP contribution >= 0.6 is 0 Å². The number of carbonyl (C=O) groups excluding carboxylic acids is 2. The molecule has 3 heterocycles. The van der Waals surface area contributed by atoms with Crippen LogP contribution in [0.25, 0.3) is 0 Å². The van der Waals surface area contributed by atoms with Gasteiger partial charge in [0.05, 0.1) is 11.6 Å². The van der Waals surface area contributed by atoms with Gasteiger partial charge in [-0.25, -0.2) is 9.59 Å². The first-order valence-electron chi connectivity index (χ1n) is 6.59. The van der Waals surface area contributed by atoms with E-state index >= 15 is 0 Å². The number of carboxylic acid groups (broad SMARTS) is 1. The highest BCUT2D eigenvalue weighted by Crippen LogP contribution is 2.16. The van der Waals surface area contributed by atoms with Crippen LogP contribution in [0.4, 0.5) is 4.79 Å². The minimum absolute atomic E-state index is 0.00603. The lowest BCUT2D eigenvalue weighted by atomic mass is 10.1. The summed E-state index contributed by atoms with van der Waals surface area (Å²) in [4.78, 5) is 41.9. The molecule has 8 nitrogen and oxygen atoms in total. The molecule has 3 rings (SSSR count). The van der Waals surface area contributed by atoms with E-state index in [4.69, 9.17) is 5.11 Å². The number of aromatic nitrogens is 1. The van der Waals surface area contributed by atoms with Gasteiger partial charge in [0.25, 0.3) is 5.91 Å².